The van der Waals surface area contributed by atoms with Crippen molar-refractivity contribution in [2.24, 2.45) is 17.6 Å². The molecule has 0 spiro atoms. The summed E-state index contributed by atoms with van der Waals surface area (Å²) in [5.74, 6) is -1.71. The summed E-state index contributed by atoms with van der Waals surface area (Å²) in [4.78, 5) is 42.5. The van der Waals surface area contributed by atoms with Gasteiger partial charge in [-0.15, -0.1) is 0 Å². The molecule has 4 rings (SSSR count). The van der Waals surface area contributed by atoms with Crippen LogP contribution in [0.5, 0.6) is 0 Å². The fourth-order valence-corrected chi connectivity index (χ4v) is 3.91. The minimum absolute atomic E-state index is 0.0185. The molecule has 2 saturated carbocycles. The van der Waals surface area contributed by atoms with E-state index in [2.05, 4.69) is 0 Å². The number of rotatable bonds is 12. The lowest BCUT2D eigenvalue weighted by Crippen LogP contribution is -2.48. The van der Waals surface area contributed by atoms with Crippen molar-refractivity contribution in [2.45, 2.75) is 44.2 Å². The first-order valence-corrected chi connectivity index (χ1v) is 14.8. The number of benzene rings is 1. The molecule has 3 aliphatic rings. The van der Waals surface area contributed by atoms with Crippen LogP contribution in [0, 0.1) is 11.8 Å². The van der Waals surface area contributed by atoms with Gasteiger partial charge in [0.15, 0.2) is 0 Å². The van der Waals surface area contributed by atoms with Gasteiger partial charge in [0.25, 0.3) is 5.91 Å². The Balaban J connectivity index is 0.000000366. The Bertz CT molecular complexity index is 954. The number of hydrogen-bond acceptors (Lipinski definition) is 10. The van der Waals surface area contributed by atoms with Crippen LogP contribution >= 0.6 is 20.2 Å². The van der Waals surface area contributed by atoms with Gasteiger partial charge >= 0.3 is 20.5 Å². The highest BCUT2D eigenvalue weighted by molar-refractivity contribution is 7.41. The van der Waals surface area contributed by atoms with Crippen LogP contribution in [0.25, 0.3) is 0 Å². The summed E-state index contributed by atoms with van der Waals surface area (Å²) in [6.45, 7) is 1.90. The van der Waals surface area contributed by atoms with Crippen molar-refractivity contribution < 1.29 is 47.7 Å². The molecular formula is C27H41ClN3O10P. The van der Waals surface area contributed by atoms with E-state index in [0.717, 1.165) is 37.1 Å². The third-order valence-electron chi connectivity index (χ3n) is 5.66. The predicted octanol–water partition coefficient (Wildman–Crippen LogP) is 3.38. The lowest BCUT2D eigenvalue weighted by molar-refractivity contribution is -0.139. The molecule has 5 N–H and O–H groups in total. The summed E-state index contributed by atoms with van der Waals surface area (Å²) < 4.78 is 21.5. The van der Waals surface area contributed by atoms with Gasteiger partial charge in [-0.2, -0.15) is 0 Å². The topological polar surface area (TPSA) is 187 Å². The maximum absolute atomic E-state index is 11.1. The molecule has 1 aromatic rings. The Kier molecular flexibility index (Phi) is 18.8. The van der Waals surface area contributed by atoms with Gasteiger partial charge in [-0.25, -0.2) is 0 Å². The minimum atomic E-state index is -1.36. The molecule has 0 bridgehead atoms. The van der Waals surface area contributed by atoms with Crippen LogP contribution in [-0.4, -0.2) is 85.6 Å². The predicted molar refractivity (Wildman–Crippen MR) is 156 cm³/mol. The largest absolute Gasteiger partial charge is 0.481 e. The van der Waals surface area contributed by atoms with E-state index in [-0.39, 0.29) is 18.4 Å². The Morgan fingerprint density at radius 3 is 2.05 bits per heavy atom. The van der Waals surface area contributed by atoms with E-state index in [9.17, 15) is 19.2 Å². The molecule has 2 amide bonds. The van der Waals surface area contributed by atoms with Crippen LogP contribution in [0.1, 0.15) is 38.5 Å². The monoisotopic (exact) mass is 633 g/mol. The van der Waals surface area contributed by atoms with Gasteiger partial charge in [0.05, 0.1) is 31.7 Å². The molecule has 2 aliphatic carbocycles. The number of aliphatic carboxylic acids is 2. The maximum atomic E-state index is 11.1. The highest BCUT2D eigenvalue weighted by Crippen LogP contribution is 2.43. The molecule has 1 heterocycles. The van der Waals surface area contributed by atoms with Crippen LogP contribution in [0.2, 0.25) is 5.02 Å². The third kappa shape index (κ3) is 19.5. The molecule has 0 radical (unpaired) electrons. The van der Waals surface area contributed by atoms with Crippen molar-refractivity contribution in [3.63, 3.8) is 0 Å². The SMILES string of the molecule is CO[C@@](N)(CCN(C)/C=C\C(=O)NC=O)COP1OCCCO1.Clc1ccccc1.O=C(O)C1CC1.O=C(O)C1CC1. The number of nitrogens with two attached hydrogens (primary N) is 1. The van der Waals surface area contributed by atoms with Crippen molar-refractivity contribution in [1.82, 2.24) is 10.2 Å². The van der Waals surface area contributed by atoms with Gasteiger partial charge in [0.2, 0.25) is 6.41 Å². The highest BCUT2D eigenvalue weighted by atomic mass is 35.5. The molecule has 1 aliphatic heterocycles. The molecule has 13 nitrogen and oxygen atoms in total. The number of ether oxygens (including phenoxy) is 1. The minimum Gasteiger partial charge on any atom is -0.481 e. The van der Waals surface area contributed by atoms with Crippen LogP contribution < -0.4 is 11.1 Å². The van der Waals surface area contributed by atoms with E-state index < -0.39 is 32.2 Å². The van der Waals surface area contributed by atoms with Gasteiger partial charge < -0.3 is 39.2 Å². The zero-order valence-corrected chi connectivity index (χ0v) is 25.5. The molecular weight excluding hydrogens is 593 g/mol. The fourth-order valence-electron chi connectivity index (χ4n) is 2.66. The molecule has 236 valence electrons. The second kappa shape index (κ2) is 21.1. The molecule has 1 atom stereocenters. The lowest BCUT2D eigenvalue weighted by atomic mass is 10.1. The number of amides is 2. The van der Waals surface area contributed by atoms with E-state index in [1.165, 1.54) is 13.2 Å². The molecule has 42 heavy (non-hydrogen) atoms. The number of carboxylic acid groups (broad SMARTS) is 2. The number of methoxy groups -OCH3 is 1. The van der Waals surface area contributed by atoms with E-state index in [4.69, 9.17) is 45.9 Å². The number of carbonyl (C=O) groups is 4. The zero-order valence-electron chi connectivity index (χ0n) is 23.9. The average molecular weight is 634 g/mol. The number of carbonyl (C=O) groups excluding carboxylic acids is 2. The Labute approximate surface area is 252 Å². The smallest absolute Gasteiger partial charge is 0.332 e. The Morgan fingerprint density at radius 1 is 1.12 bits per heavy atom. The molecule has 0 unspecified atom stereocenters. The lowest BCUT2D eigenvalue weighted by Gasteiger charge is -2.31. The number of carboxylic acids is 2. The number of imide groups is 1. The van der Waals surface area contributed by atoms with E-state index in [1.807, 2.05) is 35.6 Å². The standard InChI is InChI=1S/C13H24N3O6P.C6H5Cl.2C4H6O2/c1-16(6-4-12(18)15-11-17)7-5-13(14,19-2)10-22-23-20-8-3-9-21-23;7-6-4-2-1-3-5-6;2*5-4(6)3-1-2-3/h4,6,11H,3,5,7-10,14H2,1-2H3,(H,15,17,18);1-5H;2*3H,1-2H2,(H,5,6)/b6-4-;;;/t13-;;;/m0.../s1. The van der Waals surface area contributed by atoms with Gasteiger partial charge in [0.1, 0.15) is 5.72 Å². The van der Waals surface area contributed by atoms with Gasteiger partial charge in [0, 0.05) is 44.4 Å². The van der Waals surface area contributed by atoms with Crippen molar-refractivity contribution in [1.29, 1.82) is 0 Å². The van der Waals surface area contributed by atoms with Crippen LogP contribution in [-0.2, 0) is 37.5 Å². The van der Waals surface area contributed by atoms with Crippen LogP contribution in [0.3, 0.4) is 0 Å². The quantitative estimate of drug-likeness (QED) is 0.114. The third-order valence-corrected chi connectivity index (χ3v) is 7.04. The van der Waals surface area contributed by atoms with Crippen LogP contribution in [0.4, 0.5) is 0 Å². The van der Waals surface area contributed by atoms with Crippen LogP contribution in [0.15, 0.2) is 42.6 Å². The summed E-state index contributed by atoms with van der Waals surface area (Å²) in [5, 5.41) is 18.9. The number of nitrogens with one attached hydrogen (secondary N) is 1. The highest BCUT2D eigenvalue weighted by Gasteiger charge is 2.30. The summed E-state index contributed by atoms with van der Waals surface area (Å²) in [6, 6.07) is 9.44. The number of halogens is 1. The molecule has 15 heteroatoms. The number of nitrogens with zero attached hydrogens (tertiary/aromatic N) is 1. The number of hydrogen-bond donors (Lipinski definition) is 4. The molecule has 0 aromatic heterocycles. The van der Waals surface area contributed by atoms with E-state index >= 15 is 0 Å². The molecule has 3 fully saturated rings. The van der Waals surface area contributed by atoms with Gasteiger partial charge in [-0.05, 0) is 44.2 Å². The van der Waals surface area contributed by atoms with Gasteiger partial charge in [-0.3, -0.25) is 24.5 Å². The summed E-state index contributed by atoms with van der Waals surface area (Å²) in [5.41, 5.74) is 5.16. The second-order valence-electron chi connectivity index (χ2n) is 9.48. The van der Waals surface area contributed by atoms with Crippen molar-refractivity contribution in [3.8, 4) is 0 Å². The first kappa shape index (κ1) is 37.4. The fraction of sp³-hybridized carbons (Fsp3) is 0.556. The van der Waals surface area contributed by atoms with Crippen molar-refractivity contribution >= 4 is 44.5 Å². The second-order valence-corrected chi connectivity index (χ2v) is 11.1. The van der Waals surface area contributed by atoms with Crippen molar-refractivity contribution in [2.75, 3.05) is 40.5 Å². The van der Waals surface area contributed by atoms with Gasteiger partial charge in [-0.1, -0.05) is 29.8 Å². The van der Waals surface area contributed by atoms with E-state index in [0.29, 0.717) is 32.6 Å². The van der Waals surface area contributed by atoms with Crippen molar-refractivity contribution in [3.05, 3.63) is 47.6 Å². The summed E-state index contributed by atoms with van der Waals surface area (Å²) in [7, 11) is 1.92. The Hall–Kier alpha value is -2.64. The summed E-state index contributed by atoms with van der Waals surface area (Å²) >= 11 is 5.54. The molecule has 1 aromatic carbocycles. The average Bonchev–Trinajstić information content (AvgIpc) is 3.89. The first-order chi connectivity index (χ1) is 20.0. The first-order valence-electron chi connectivity index (χ1n) is 13.3. The summed E-state index contributed by atoms with van der Waals surface area (Å²) in [6.07, 6.45) is 8.04. The normalized spacial score (nSPS) is 17.5. The Morgan fingerprint density at radius 2 is 1.67 bits per heavy atom. The maximum Gasteiger partial charge on any atom is 0.332 e. The zero-order chi connectivity index (χ0) is 31.4. The van der Waals surface area contributed by atoms with E-state index in [1.54, 1.807) is 18.1 Å². The molecule has 1 saturated heterocycles.